The Morgan fingerprint density at radius 1 is 1.38 bits per heavy atom. The highest BCUT2D eigenvalue weighted by Crippen LogP contribution is 2.35. The fourth-order valence-corrected chi connectivity index (χ4v) is 2.82. The largest absolute Gasteiger partial charge is 0.416 e. The highest BCUT2D eigenvalue weighted by atomic mass is 79.9. The second-order valence-electron chi connectivity index (χ2n) is 4.98. The van der Waals surface area contributed by atoms with E-state index in [2.05, 4.69) is 21.2 Å². The number of amides is 1. The third-order valence-corrected chi connectivity index (χ3v) is 3.83. The number of alkyl halides is 3. The maximum absolute atomic E-state index is 12.8. The van der Waals surface area contributed by atoms with E-state index in [1.165, 1.54) is 11.0 Å². The molecule has 1 aromatic carbocycles. The molecule has 0 saturated carbocycles. The molecule has 116 valence electrons. The van der Waals surface area contributed by atoms with Crippen LogP contribution in [-0.4, -0.2) is 25.0 Å². The van der Waals surface area contributed by atoms with Crippen LogP contribution >= 0.6 is 15.9 Å². The maximum Gasteiger partial charge on any atom is 0.416 e. The average molecular weight is 365 g/mol. The van der Waals surface area contributed by atoms with Gasteiger partial charge in [-0.2, -0.15) is 13.2 Å². The molecule has 1 fully saturated rings. The van der Waals surface area contributed by atoms with Crippen molar-refractivity contribution in [1.29, 1.82) is 0 Å². The van der Waals surface area contributed by atoms with Gasteiger partial charge in [0.05, 0.1) is 11.6 Å². The Morgan fingerprint density at radius 2 is 2.10 bits per heavy atom. The first-order chi connectivity index (χ1) is 9.82. The van der Waals surface area contributed by atoms with Gasteiger partial charge in [-0.3, -0.25) is 4.79 Å². The van der Waals surface area contributed by atoms with E-state index in [4.69, 9.17) is 0 Å². The molecule has 3 nitrogen and oxygen atoms in total. The number of nitrogens with zero attached hydrogens (tertiary/aromatic N) is 1. The molecule has 2 rings (SSSR count). The van der Waals surface area contributed by atoms with Crippen LogP contribution in [0.4, 0.5) is 18.9 Å². The third-order valence-electron chi connectivity index (χ3n) is 3.37. The van der Waals surface area contributed by atoms with Gasteiger partial charge in [0.15, 0.2) is 0 Å². The molecule has 0 spiro atoms. The Labute approximate surface area is 129 Å². The van der Waals surface area contributed by atoms with Crippen LogP contribution < -0.4 is 10.2 Å². The lowest BCUT2D eigenvalue weighted by Crippen LogP contribution is -2.38. The first kappa shape index (κ1) is 16.3. The molecule has 0 aromatic heterocycles. The summed E-state index contributed by atoms with van der Waals surface area (Å²) in [5, 5.41) is 3.12. The zero-order chi connectivity index (χ0) is 15.6. The Morgan fingerprint density at radius 3 is 2.71 bits per heavy atom. The molecule has 0 aliphatic carbocycles. The Kier molecular flexibility index (Phi) is 4.93. The fraction of sp³-hybridized carbons (Fsp3) is 0.500. The topological polar surface area (TPSA) is 32.3 Å². The van der Waals surface area contributed by atoms with E-state index in [-0.39, 0.29) is 17.6 Å². The quantitative estimate of drug-likeness (QED) is 0.885. The van der Waals surface area contributed by atoms with Gasteiger partial charge in [-0.15, -0.1) is 0 Å². The molecule has 7 heteroatoms. The smallest absolute Gasteiger partial charge is 0.311 e. The van der Waals surface area contributed by atoms with E-state index in [9.17, 15) is 18.0 Å². The summed E-state index contributed by atoms with van der Waals surface area (Å²) < 4.78 is 38.8. The van der Waals surface area contributed by atoms with E-state index in [0.29, 0.717) is 17.4 Å². The summed E-state index contributed by atoms with van der Waals surface area (Å²) in [7, 11) is 0. The van der Waals surface area contributed by atoms with Gasteiger partial charge in [-0.05, 0) is 37.6 Å². The standard InChI is InChI=1S/C14H16BrF3N2O/c1-2-4-19-12-3-5-20(13(12)21)11-7-9(14(16,17)18)6-10(15)8-11/h6-8,12,19H,2-5H2,1H3. The van der Waals surface area contributed by atoms with Crippen molar-refractivity contribution < 1.29 is 18.0 Å². The van der Waals surface area contributed by atoms with Crippen LogP contribution in [0.2, 0.25) is 0 Å². The van der Waals surface area contributed by atoms with E-state index in [1.807, 2.05) is 6.92 Å². The molecular formula is C14H16BrF3N2O. The van der Waals surface area contributed by atoms with Gasteiger partial charge in [-0.1, -0.05) is 22.9 Å². The van der Waals surface area contributed by atoms with Crippen LogP contribution in [0.15, 0.2) is 22.7 Å². The van der Waals surface area contributed by atoms with Gasteiger partial charge in [0.1, 0.15) is 0 Å². The second kappa shape index (κ2) is 6.36. The third kappa shape index (κ3) is 3.77. The van der Waals surface area contributed by atoms with E-state index < -0.39 is 11.7 Å². The number of benzene rings is 1. The lowest BCUT2D eigenvalue weighted by Gasteiger charge is -2.19. The van der Waals surface area contributed by atoms with Crippen LogP contribution in [0.3, 0.4) is 0 Å². The number of carbonyl (C=O) groups excluding carboxylic acids is 1. The van der Waals surface area contributed by atoms with Gasteiger partial charge in [-0.25, -0.2) is 0 Å². The summed E-state index contributed by atoms with van der Waals surface area (Å²) in [4.78, 5) is 13.7. The Hall–Kier alpha value is -1.08. The van der Waals surface area contributed by atoms with Gasteiger partial charge in [0.2, 0.25) is 5.91 Å². The number of rotatable bonds is 4. The van der Waals surface area contributed by atoms with Crippen molar-refractivity contribution in [2.45, 2.75) is 32.0 Å². The number of anilines is 1. The monoisotopic (exact) mass is 364 g/mol. The van der Waals surface area contributed by atoms with E-state index in [1.54, 1.807) is 0 Å². The normalized spacial score (nSPS) is 19.4. The molecule has 0 bridgehead atoms. The Bertz CT molecular complexity index is 533. The maximum atomic E-state index is 12.8. The van der Waals surface area contributed by atoms with Crippen molar-refractivity contribution in [1.82, 2.24) is 5.32 Å². The molecule has 1 saturated heterocycles. The van der Waals surface area contributed by atoms with Crippen LogP contribution in [0, 0.1) is 0 Å². The number of hydrogen-bond donors (Lipinski definition) is 1. The summed E-state index contributed by atoms with van der Waals surface area (Å²) >= 11 is 3.08. The molecule has 1 heterocycles. The zero-order valence-corrected chi connectivity index (χ0v) is 13.1. The molecule has 1 amide bonds. The molecule has 1 atom stereocenters. The summed E-state index contributed by atoms with van der Waals surface area (Å²) in [6, 6.07) is 3.26. The summed E-state index contributed by atoms with van der Waals surface area (Å²) in [6.07, 6.45) is -2.92. The molecule has 1 aliphatic heterocycles. The average Bonchev–Trinajstić information content (AvgIpc) is 2.76. The zero-order valence-electron chi connectivity index (χ0n) is 11.5. The van der Waals surface area contributed by atoms with Gasteiger partial charge in [0, 0.05) is 16.7 Å². The molecule has 1 aliphatic rings. The van der Waals surface area contributed by atoms with E-state index in [0.717, 1.165) is 25.1 Å². The first-order valence-corrected chi connectivity index (χ1v) is 7.54. The Balaban J connectivity index is 2.23. The van der Waals surface area contributed by atoms with Crippen molar-refractivity contribution in [2.75, 3.05) is 18.0 Å². The first-order valence-electron chi connectivity index (χ1n) is 6.75. The SMILES string of the molecule is CCCNC1CCN(c2cc(Br)cc(C(F)(F)F)c2)C1=O. The highest BCUT2D eigenvalue weighted by Gasteiger charge is 2.35. The lowest BCUT2D eigenvalue weighted by atomic mass is 10.2. The molecular weight excluding hydrogens is 349 g/mol. The minimum Gasteiger partial charge on any atom is -0.311 e. The van der Waals surface area contributed by atoms with Crippen LogP contribution in [0.5, 0.6) is 0 Å². The van der Waals surface area contributed by atoms with Crippen molar-refractivity contribution in [3.8, 4) is 0 Å². The minimum absolute atomic E-state index is 0.172. The number of hydrogen-bond acceptors (Lipinski definition) is 2. The van der Waals surface area contributed by atoms with Crippen LogP contribution in [0.25, 0.3) is 0 Å². The minimum atomic E-state index is -4.43. The predicted octanol–water partition coefficient (Wildman–Crippen LogP) is 3.57. The molecule has 1 aromatic rings. The number of halogens is 4. The number of nitrogens with one attached hydrogen (secondary N) is 1. The lowest BCUT2D eigenvalue weighted by molar-refractivity contribution is -0.137. The van der Waals surface area contributed by atoms with Crippen LogP contribution in [0.1, 0.15) is 25.3 Å². The summed E-state index contributed by atoms with van der Waals surface area (Å²) in [5.74, 6) is -0.172. The van der Waals surface area contributed by atoms with E-state index >= 15 is 0 Å². The number of carbonyl (C=O) groups is 1. The second-order valence-corrected chi connectivity index (χ2v) is 5.90. The molecule has 1 N–H and O–H groups in total. The van der Waals surface area contributed by atoms with Gasteiger partial charge >= 0.3 is 6.18 Å². The van der Waals surface area contributed by atoms with Crippen molar-refractivity contribution >= 4 is 27.5 Å². The molecule has 0 radical (unpaired) electrons. The fourth-order valence-electron chi connectivity index (χ4n) is 2.34. The van der Waals surface area contributed by atoms with Gasteiger partial charge < -0.3 is 10.2 Å². The summed E-state index contributed by atoms with van der Waals surface area (Å²) in [6.45, 7) is 3.14. The summed E-state index contributed by atoms with van der Waals surface area (Å²) in [5.41, 5.74) is -0.479. The molecule has 21 heavy (non-hydrogen) atoms. The van der Waals surface area contributed by atoms with Crippen molar-refractivity contribution in [3.63, 3.8) is 0 Å². The van der Waals surface area contributed by atoms with Crippen molar-refractivity contribution in [2.24, 2.45) is 0 Å². The van der Waals surface area contributed by atoms with Gasteiger partial charge in [0.25, 0.3) is 0 Å². The van der Waals surface area contributed by atoms with Crippen molar-refractivity contribution in [3.05, 3.63) is 28.2 Å². The van der Waals surface area contributed by atoms with Crippen LogP contribution in [-0.2, 0) is 11.0 Å². The predicted molar refractivity (Wildman–Crippen MR) is 78.2 cm³/mol. The highest BCUT2D eigenvalue weighted by molar-refractivity contribution is 9.10. The molecule has 1 unspecified atom stereocenters.